The molecular formula is C24H34. The molecule has 24 heavy (non-hydrogen) atoms. The summed E-state index contributed by atoms with van der Waals surface area (Å²) in [5.41, 5.74) is 5.80. The standard InChI is InChI=1S/C24H34/c1-5-7-9-11-21-14-18-23(19-15-21)24(3,4)22-16-12-20(13-17-22)10-8-6-2/h12-19H,5-11H2,1-4H3. The molecular weight excluding hydrogens is 288 g/mol. The molecule has 0 radical (unpaired) electrons. The lowest BCUT2D eigenvalue weighted by Gasteiger charge is -2.26. The van der Waals surface area contributed by atoms with Gasteiger partial charge in [0.05, 0.1) is 0 Å². The van der Waals surface area contributed by atoms with Crippen molar-refractivity contribution in [3.05, 3.63) is 70.8 Å². The lowest BCUT2D eigenvalue weighted by molar-refractivity contribution is 0.639. The average molecular weight is 323 g/mol. The minimum absolute atomic E-state index is 0.0607. The van der Waals surface area contributed by atoms with Crippen molar-refractivity contribution in [3.63, 3.8) is 0 Å². The second kappa shape index (κ2) is 9.06. The van der Waals surface area contributed by atoms with Crippen LogP contribution in [0.15, 0.2) is 48.5 Å². The smallest absolute Gasteiger partial charge is 0.0146 e. The Kier molecular flexibility index (Phi) is 7.09. The number of aryl methyl sites for hydroxylation is 2. The van der Waals surface area contributed by atoms with Crippen molar-refractivity contribution >= 4 is 0 Å². The SMILES string of the molecule is CCCCCc1ccc(C(C)(C)c2ccc(CCCC)cc2)cc1. The van der Waals surface area contributed by atoms with Crippen LogP contribution in [0.1, 0.15) is 82.1 Å². The van der Waals surface area contributed by atoms with Crippen molar-refractivity contribution in [1.82, 2.24) is 0 Å². The zero-order valence-electron chi connectivity index (χ0n) is 16.1. The molecule has 0 atom stereocenters. The molecule has 0 fully saturated rings. The van der Waals surface area contributed by atoms with E-state index >= 15 is 0 Å². The molecule has 0 unspecified atom stereocenters. The zero-order chi connectivity index (χ0) is 17.4. The van der Waals surface area contributed by atoms with Crippen molar-refractivity contribution in [2.75, 3.05) is 0 Å². The number of rotatable bonds is 9. The van der Waals surface area contributed by atoms with E-state index in [2.05, 4.69) is 76.2 Å². The van der Waals surface area contributed by atoms with Crippen LogP contribution in [-0.2, 0) is 18.3 Å². The summed E-state index contributed by atoms with van der Waals surface area (Å²) in [6.07, 6.45) is 8.87. The van der Waals surface area contributed by atoms with Gasteiger partial charge in [0.2, 0.25) is 0 Å². The summed E-state index contributed by atoms with van der Waals surface area (Å²) in [5.74, 6) is 0. The summed E-state index contributed by atoms with van der Waals surface area (Å²) >= 11 is 0. The Morgan fingerprint density at radius 2 is 1.00 bits per heavy atom. The molecule has 0 saturated carbocycles. The summed E-state index contributed by atoms with van der Waals surface area (Å²) in [5, 5.41) is 0. The molecule has 0 bridgehead atoms. The topological polar surface area (TPSA) is 0 Å². The van der Waals surface area contributed by atoms with E-state index < -0.39 is 0 Å². The molecule has 0 aliphatic heterocycles. The van der Waals surface area contributed by atoms with Crippen LogP contribution in [0.5, 0.6) is 0 Å². The Hall–Kier alpha value is -1.56. The molecule has 0 aromatic heterocycles. The first-order chi connectivity index (χ1) is 11.6. The summed E-state index contributed by atoms with van der Waals surface area (Å²) in [7, 11) is 0. The Balaban J connectivity index is 2.08. The molecule has 0 heterocycles. The van der Waals surface area contributed by atoms with Crippen molar-refractivity contribution in [2.45, 2.75) is 78.1 Å². The van der Waals surface area contributed by atoms with Gasteiger partial charge in [0.25, 0.3) is 0 Å². The zero-order valence-corrected chi connectivity index (χ0v) is 16.1. The van der Waals surface area contributed by atoms with Crippen molar-refractivity contribution < 1.29 is 0 Å². The Morgan fingerprint density at radius 3 is 1.42 bits per heavy atom. The number of unbranched alkanes of at least 4 members (excludes halogenated alkanes) is 3. The van der Waals surface area contributed by atoms with E-state index in [1.165, 1.54) is 67.2 Å². The van der Waals surface area contributed by atoms with E-state index in [-0.39, 0.29) is 5.41 Å². The predicted molar refractivity (Wildman–Crippen MR) is 107 cm³/mol. The van der Waals surface area contributed by atoms with E-state index in [0.717, 1.165) is 0 Å². The lowest BCUT2D eigenvalue weighted by Crippen LogP contribution is -2.18. The van der Waals surface area contributed by atoms with Gasteiger partial charge in [-0.15, -0.1) is 0 Å². The molecule has 2 rings (SSSR count). The van der Waals surface area contributed by atoms with Crippen LogP contribution < -0.4 is 0 Å². The summed E-state index contributed by atoms with van der Waals surface area (Å²) in [4.78, 5) is 0. The van der Waals surface area contributed by atoms with Gasteiger partial charge in [0.1, 0.15) is 0 Å². The van der Waals surface area contributed by atoms with E-state index in [1.807, 2.05) is 0 Å². The molecule has 0 heteroatoms. The van der Waals surface area contributed by atoms with Crippen molar-refractivity contribution in [3.8, 4) is 0 Å². The first kappa shape index (κ1) is 18.8. The second-order valence-corrected chi connectivity index (χ2v) is 7.58. The highest BCUT2D eigenvalue weighted by Crippen LogP contribution is 2.32. The van der Waals surface area contributed by atoms with E-state index in [4.69, 9.17) is 0 Å². The van der Waals surface area contributed by atoms with E-state index in [1.54, 1.807) is 0 Å². The van der Waals surface area contributed by atoms with Crippen LogP contribution >= 0.6 is 0 Å². The summed E-state index contributed by atoms with van der Waals surface area (Å²) in [6.45, 7) is 9.18. The number of hydrogen-bond acceptors (Lipinski definition) is 0. The molecule has 2 aromatic rings. The van der Waals surface area contributed by atoms with Gasteiger partial charge in [-0.1, -0.05) is 95.5 Å². The van der Waals surface area contributed by atoms with Gasteiger partial charge in [-0.25, -0.2) is 0 Å². The van der Waals surface area contributed by atoms with Crippen molar-refractivity contribution in [1.29, 1.82) is 0 Å². The Morgan fingerprint density at radius 1 is 0.583 bits per heavy atom. The second-order valence-electron chi connectivity index (χ2n) is 7.58. The minimum Gasteiger partial charge on any atom is -0.0654 e. The van der Waals surface area contributed by atoms with Gasteiger partial charge >= 0.3 is 0 Å². The molecule has 130 valence electrons. The quantitative estimate of drug-likeness (QED) is 0.432. The maximum atomic E-state index is 2.33. The lowest BCUT2D eigenvalue weighted by atomic mass is 9.77. The molecule has 0 aliphatic carbocycles. The van der Waals surface area contributed by atoms with Crippen LogP contribution in [0, 0.1) is 0 Å². The molecule has 0 aliphatic rings. The third kappa shape index (κ3) is 4.97. The van der Waals surface area contributed by atoms with Gasteiger partial charge in [0, 0.05) is 5.41 Å². The average Bonchev–Trinajstić information content (AvgIpc) is 2.61. The molecule has 2 aromatic carbocycles. The highest BCUT2D eigenvalue weighted by Gasteiger charge is 2.22. The van der Waals surface area contributed by atoms with Gasteiger partial charge in [-0.05, 0) is 47.9 Å². The van der Waals surface area contributed by atoms with Crippen LogP contribution in [0.3, 0.4) is 0 Å². The Labute approximate surface area is 149 Å². The number of hydrogen-bond donors (Lipinski definition) is 0. The minimum atomic E-state index is 0.0607. The highest BCUT2D eigenvalue weighted by atomic mass is 14.3. The van der Waals surface area contributed by atoms with Gasteiger partial charge in [-0.2, -0.15) is 0 Å². The molecule has 0 saturated heterocycles. The molecule has 0 amide bonds. The van der Waals surface area contributed by atoms with Crippen LogP contribution in [0.2, 0.25) is 0 Å². The first-order valence-electron chi connectivity index (χ1n) is 9.76. The first-order valence-corrected chi connectivity index (χ1v) is 9.76. The van der Waals surface area contributed by atoms with E-state index in [0.29, 0.717) is 0 Å². The summed E-state index contributed by atoms with van der Waals surface area (Å²) in [6, 6.07) is 18.6. The van der Waals surface area contributed by atoms with Gasteiger partial charge in [-0.3, -0.25) is 0 Å². The normalized spacial score (nSPS) is 11.7. The van der Waals surface area contributed by atoms with Crippen LogP contribution in [0.4, 0.5) is 0 Å². The number of benzene rings is 2. The largest absolute Gasteiger partial charge is 0.0654 e. The third-order valence-electron chi connectivity index (χ3n) is 5.24. The van der Waals surface area contributed by atoms with E-state index in [9.17, 15) is 0 Å². The molecule has 0 N–H and O–H groups in total. The predicted octanol–water partition coefficient (Wildman–Crippen LogP) is 7.09. The van der Waals surface area contributed by atoms with Crippen LogP contribution in [-0.4, -0.2) is 0 Å². The third-order valence-corrected chi connectivity index (χ3v) is 5.24. The maximum Gasteiger partial charge on any atom is 0.0146 e. The summed E-state index contributed by atoms with van der Waals surface area (Å²) < 4.78 is 0. The maximum absolute atomic E-state index is 2.33. The fourth-order valence-corrected chi connectivity index (χ4v) is 3.30. The fourth-order valence-electron chi connectivity index (χ4n) is 3.30. The monoisotopic (exact) mass is 322 g/mol. The van der Waals surface area contributed by atoms with Gasteiger partial charge in [0.15, 0.2) is 0 Å². The highest BCUT2D eigenvalue weighted by molar-refractivity contribution is 5.39. The molecule has 0 spiro atoms. The Bertz CT molecular complexity index is 587. The van der Waals surface area contributed by atoms with Crippen LogP contribution in [0.25, 0.3) is 0 Å². The van der Waals surface area contributed by atoms with Crippen molar-refractivity contribution in [2.24, 2.45) is 0 Å². The van der Waals surface area contributed by atoms with Gasteiger partial charge < -0.3 is 0 Å². The molecule has 0 nitrogen and oxygen atoms in total. The fraction of sp³-hybridized carbons (Fsp3) is 0.500.